The van der Waals surface area contributed by atoms with Gasteiger partial charge in [0.05, 0.1) is 0 Å². The number of hydrogen-bond acceptors (Lipinski definition) is 2. The van der Waals surface area contributed by atoms with Gasteiger partial charge in [-0.05, 0) is 11.1 Å². The molecule has 1 unspecified atom stereocenters. The molecule has 1 fully saturated rings. The maximum absolute atomic E-state index is 11.5. The Morgan fingerprint density at radius 1 is 1.20 bits per heavy atom. The summed E-state index contributed by atoms with van der Waals surface area (Å²) in [6, 6.07) is 7.37. The molecule has 0 saturated carbocycles. The highest BCUT2D eigenvalue weighted by Crippen LogP contribution is 2.25. The molecule has 0 spiro atoms. The highest BCUT2D eigenvalue weighted by Gasteiger charge is 2.41. The van der Waals surface area contributed by atoms with Crippen LogP contribution in [-0.4, -0.2) is 22.9 Å². The predicted octanol–water partition coefficient (Wildman–Crippen LogP) is 0.663. The number of urea groups is 1. The smallest absolute Gasteiger partial charge is 0.308 e. The van der Waals surface area contributed by atoms with Crippen molar-refractivity contribution in [2.75, 3.05) is 0 Å². The Hall–Kier alpha value is -1.84. The molecule has 1 N–H and O–H groups in total. The topological polar surface area (TPSA) is 49.4 Å². The fourth-order valence-electron chi connectivity index (χ4n) is 2.23. The standard InChI is InChI=1S/C11H10N2O2/c14-10-9-5-7-3-1-2-4-8(7)6-13(9)11(15)12-10/h1-4,9H,5-6H2,(H,12,14,15). The van der Waals surface area contributed by atoms with Gasteiger partial charge in [-0.2, -0.15) is 0 Å². The van der Waals surface area contributed by atoms with Crippen LogP contribution in [0.5, 0.6) is 0 Å². The number of benzene rings is 1. The number of carbonyl (C=O) groups is 2. The van der Waals surface area contributed by atoms with Crippen LogP contribution in [0.15, 0.2) is 24.3 Å². The predicted molar refractivity (Wildman–Crippen MR) is 53.0 cm³/mol. The average Bonchev–Trinajstić information content (AvgIpc) is 2.52. The van der Waals surface area contributed by atoms with Crippen molar-refractivity contribution in [2.45, 2.75) is 19.0 Å². The molecule has 0 radical (unpaired) electrons. The summed E-state index contributed by atoms with van der Waals surface area (Å²) in [5.74, 6) is -0.172. The van der Waals surface area contributed by atoms with Crippen LogP contribution < -0.4 is 5.32 Å². The first-order chi connectivity index (χ1) is 7.25. The molecule has 3 amide bonds. The van der Waals surface area contributed by atoms with E-state index in [1.807, 2.05) is 24.3 Å². The molecule has 4 heteroatoms. The van der Waals surface area contributed by atoms with Gasteiger partial charge in [0, 0.05) is 13.0 Å². The summed E-state index contributed by atoms with van der Waals surface area (Å²) in [6.07, 6.45) is 0.633. The first kappa shape index (κ1) is 8.47. The molecule has 0 bridgehead atoms. The highest BCUT2D eigenvalue weighted by atomic mass is 16.2. The molecule has 4 nitrogen and oxygen atoms in total. The third-order valence-corrected chi connectivity index (χ3v) is 3.04. The molecule has 0 aromatic heterocycles. The molecule has 2 heterocycles. The molecular weight excluding hydrogens is 192 g/mol. The summed E-state index contributed by atoms with van der Waals surface area (Å²) < 4.78 is 0. The number of nitrogens with one attached hydrogen (secondary N) is 1. The zero-order valence-electron chi connectivity index (χ0n) is 8.06. The van der Waals surface area contributed by atoms with Crippen molar-refractivity contribution in [3.05, 3.63) is 35.4 Å². The van der Waals surface area contributed by atoms with Crippen LogP contribution in [0.2, 0.25) is 0 Å². The SMILES string of the molecule is O=C1NC(=O)N2Cc3ccccc3CC12. The van der Waals surface area contributed by atoms with E-state index >= 15 is 0 Å². The molecule has 2 aliphatic heterocycles. The summed E-state index contributed by atoms with van der Waals surface area (Å²) in [7, 11) is 0. The first-order valence-electron chi connectivity index (χ1n) is 4.94. The van der Waals surface area contributed by atoms with Crippen molar-refractivity contribution in [3.63, 3.8) is 0 Å². The minimum Gasteiger partial charge on any atom is -0.308 e. The molecule has 76 valence electrons. The fraction of sp³-hybridized carbons (Fsp3) is 0.273. The van der Waals surface area contributed by atoms with Crippen LogP contribution >= 0.6 is 0 Å². The van der Waals surface area contributed by atoms with Crippen molar-refractivity contribution >= 4 is 11.9 Å². The number of imide groups is 1. The van der Waals surface area contributed by atoms with Gasteiger partial charge in [0.2, 0.25) is 0 Å². The summed E-state index contributed by atoms with van der Waals surface area (Å²) in [4.78, 5) is 24.5. The Balaban J connectivity index is 2.03. The lowest BCUT2D eigenvalue weighted by atomic mass is 9.95. The van der Waals surface area contributed by atoms with Crippen LogP contribution in [0.3, 0.4) is 0 Å². The Bertz CT molecular complexity index is 415. The van der Waals surface area contributed by atoms with E-state index in [-0.39, 0.29) is 18.0 Å². The summed E-state index contributed by atoms with van der Waals surface area (Å²) in [5.41, 5.74) is 2.31. The third kappa shape index (κ3) is 1.14. The van der Waals surface area contributed by atoms with Gasteiger partial charge >= 0.3 is 6.03 Å². The second-order valence-electron chi connectivity index (χ2n) is 3.91. The quantitative estimate of drug-likeness (QED) is 0.628. The third-order valence-electron chi connectivity index (χ3n) is 3.04. The number of amides is 3. The Kier molecular flexibility index (Phi) is 1.59. The van der Waals surface area contributed by atoms with E-state index in [4.69, 9.17) is 0 Å². The number of fused-ring (bicyclic) bond motifs is 2. The molecule has 15 heavy (non-hydrogen) atoms. The Labute approximate surface area is 86.9 Å². The highest BCUT2D eigenvalue weighted by molar-refractivity contribution is 6.04. The Morgan fingerprint density at radius 3 is 2.73 bits per heavy atom. The zero-order valence-corrected chi connectivity index (χ0v) is 8.06. The molecule has 1 saturated heterocycles. The lowest BCUT2D eigenvalue weighted by molar-refractivity contribution is -0.121. The molecule has 1 atom stereocenters. The van der Waals surface area contributed by atoms with Gasteiger partial charge in [-0.15, -0.1) is 0 Å². The second kappa shape index (κ2) is 2.82. The zero-order chi connectivity index (χ0) is 10.4. The maximum Gasteiger partial charge on any atom is 0.325 e. The number of rotatable bonds is 0. The summed E-state index contributed by atoms with van der Waals surface area (Å²) >= 11 is 0. The Morgan fingerprint density at radius 2 is 1.93 bits per heavy atom. The number of hydrogen-bond donors (Lipinski definition) is 1. The summed E-state index contributed by atoms with van der Waals surface area (Å²) in [6.45, 7) is 0.540. The molecular formula is C11H10N2O2. The molecule has 3 rings (SSSR count). The van der Waals surface area contributed by atoms with Gasteiger partial charge in [0.25, 0.3) is 5.91 Å². The lowest BCUT2D eigenvalue weighted by Gasteiger charge is -2.28. The van der Waals surface area contributed by atoms with Gasteiger partial charge < -0.3 is 4.90 Å². The minimum atomic E-state index is -0.299. The van der Waals surface area contributed by atoms with Gasteiger partial charge in [-0.3, -0.25) is 10.1 Å². The minimum absolute atomic E-state index is 0.172. The van der Waals surface area contributed by atoms with Crippen molar-refractivity contribution in [2.24, 2.45) is 0 Å². The van der Waals surface area contributed by atoms with Crippen molar-refractivity contribution in [3.8, 4) is 0 Å². The van der Waals surface area contributed by atoms with E-state index in [1.54, 1.807) is 4.90 Å². The van der Waals surface area contributed by atoms with Crippen LogP contribution in [0.1, 0.15) is 11.1 Å². The van der Waals surface area contributed by atoms with Gasteiger partial charge in [-0.25, -0.2) is 4.79 Å². The van der Waals surface area contributed by atoms with Crippen LogP contribution in [0.25, 0.3) is 0 Å². The fourth-order valence-corrected chi connectivity index (χ4v) is 2.23. The van der Waals surface area contributed by atoms with E-state index in [2.05, 4.69) is 5.32 Å². The molecule has 2 aliphatic rings. The van der Waals surface area contributed by atoms with Crippen LogP contribution in [-0.2, 0) is 17.8 Å². The van der Waals surface area contributed by atoms with E-state index in [1.165, 1.54) is 5.56 Å². The normalized spacial score (nSPS) is 23.5. The molecule has 1 aromatic carbocycles. The van der Waals surface area contributed by atoms with E-state index in [9.17, 15) is 9.59 Å². The largest absolute Gasteiger partial charge is 0.325 e. The summed E-state index contributed by atoms with van der Waals surface area (Å²) in [5, 5.41) is 2.34. The first-order valence-corrected chi connectivity index (χ1v) is 4.94. The molecule has 0 aliphatic carbocycles. The van der Waals surface area contributed by atoms with Crippen molar-refractivity contribution < 1.29 is 9.59 Å². The van der Waals surface area contributed by atoms with E-state index in [0.29, 0.717) is 13.0 Å². The van der Waals surface area contributed by atoms with E-state index < -0.39 is 0 Å². The van der Waals surface area contributed by atoms with Crippen LogP contribution in [0.4, 0.5) is 4.79 Å². The van der Waals surface area contributed by atoms with Gasteiger partial charge in [0.1, 0.15) is 6.04 Å². The second-order valence-corrected chi connectivity index (χ2v) is 3.91. The number of carbonyl (C=O) groups excluding carboxylic acids is 2. The maximum atomic E-state index is 11.5. The number of nitrogens with zero attached hydrogens (tertiary/aromatic N) is 1. The van der Waals surface area contributed by atoms with Crippen molar-refractivity contribution in [1.29, 1.82) is 0 Å². The van der Waals surface area contributed by atoms with E-state index in [0.717, 1.165) is 5.56 Å². The van der Waals surface area contributed by atoms with Crippen molar-refractivity contribution in [1.82, 2.24) is 10.2 Å². The van der Waals surface area contributed by atoms with Gasteiger partial charge in [-0.1, -0.05) is 24.3 Å². The molecule has 1 aromatic rings. The monoisotopic (exact) mass is 202 g/mol. The average molecular weight is 202 g/mol. The lowest BCUT2D eigenvalue weighted by Crippen LogP contribution is -2.39. The van der Waals surface area contributed by atoms with Gasteiger partial charge in [0.15, 0.2) is 0 Å². The van der Waals surface area contributed by atoms with Crippen LogP contribution in [0, 0.1) is 0 Å².